The molecule has 1 aromatic carbocycles. The Hall–Kier alpha value is -1.75. The monoisotopic (exact) mass is 225 g/mol. The van der Waals surface area contributed by atoms with Gasteiger partial charge in [-0.25, -0.2) is 4.79 Å². The van der Waals surface area contributed by atoms with Crippen molar-refractivity contribution in [3.8, 4) is 5.75 Å². The zero-order valence-electron chi connectivity index (χ0n) is 9.10. The highest BCUT2D eigenvalue weighted by Gasteiger charge is 2.11. The third-order valence-corrected chi connectivity index (χ3v) is 2.05. The van der Waals surface area contributed by atoms with Gasteiger partial charge < -0.3 is 20.3 Å². The minimum Gasteiger partial charge on any atom is -0.491 e. The molecule has 3 N–H and O–H groups in total. The molecular weight excluding hydrogens is 210 g/mol. The van der Waals surface area contributed by atoms with E-state index < -0.39 is 5.97 Å². The summed E-state index contributed by atoms with van der Waals surface area (Å²) >= 11 is 0. The van der Waals surface area contributed by atoms with E-state index in [-0.39, 0.29) is 11.3 Å². The Balaban J connectivity index is 2.66. The highest BCUT2D eigenvalue weighted by molar-refractivity contribution is 5.95. The summed E-state index contributed by atoms with van der Waals surface area (Å²) in [4.78, 5) is 10.8. The first-order valence-electron chi connectivity index (χ1n) is 4.90. The van der Waals surface area contributed by atoms with Crippen LogP contribution in [0.2, 0.25) is 0 Å². The van der Waals surface area contributed by atoms with E-state index in [9.17, 15) is 4.79 Å². The number of carboxylic acids is 1. The Morgan fingerprint density at radius 2 is 2.19 bits per heavy atom. The van der Waals surface area contributed by atoms with E-state index in [1.807, 2.05) is 0 Å². The van der Waals surface area contributed by atoms with Gasteiger partial charge in [-0.1, -0.05) is 6.07 Å². The molecule has 0 aliphatic carbocycles. The van der Waals surface area contributed by atoms with Crippen molar-refractivity contribution in [2.75, 3.05) is 26.1 Å². The van der Waals surface area contributed by atoms with Gasteiger partial charge in [0.1, 0.15) is 5.75 Å². The first-order chi connectivity index (χ1) is 7.66. The van der Waals surface area contributed by atoms with Crippen molar-refractivity contribution in [3.63, 3.8) is 0 Å². The lowest BCUT2D eigenvalue weighted by atomic mass is 10.1. The number of anilines is 1. The standard InChI is InChI=1S/C11H15NO4/c1-15-6-3-7-16-9-5-2-4-8(10(9)12)11(13)14/h2,4-5H,3,6-7,12H2,1H3,(H,13,14). The summed E-state index contributed by atoms with van der Waals surface area (Å²) in [6, 6.07) is 4.69. The molecule has 0 amide bonds. The lowest BCUT2D eigenvalue weighted by molar-refractivity contribution is 0.0697. The van der Waals surface area contributed by atoms with Crippen LogP contribution in [0.1, 0.15) is 16.8 Å². The Bertz CT molecular complexity index is 365. The molecule has 5 nitrogen and oxygen atoms in total. The van der Waals surface area contributed by atoms with E-state index in [4.69, 9.17) is 20.3 Å². The van der Waals surface area contributed by atoms with Crippen molar-refractivity contribution in [2.24, 2.45) is 0 Å². The molecule has 0 fully saturated rings. The van der Waals surface area contributed by atoms with Crippen molar-refractivity contribution < 1.29 is 19.4 Å². The Morgan fingerprint density at radius 1 is 1.44 bits per heavy atom. The van der Waals surface area contributed by atoms with Crippen LogP contribution in [0.5, 0.6) is 5.75 Å². The third kappa shape index (κ3) is 3.13. The molecule has 1 aromatic rings. The normalized spacial score (nSPS) is 10.1. The van der Waals surface area contributed by atoms with Crippen molar-refractivity contribution in [1.82, 2.24) is 0 Å². The number of nitrogens with two attached hydrogens (primary N) is 1. The molecule has 0 bridgehead atoms. The summed E-state index contributed by atoms with van der Waals surface area (Å²) in [6.45, 7) is 1.04. The lowest BCUT2D eigenvalue weighted by Gasteiger charge is -2.10. The summed E-state index contributed by atoms with van der Waals surface area (Å²) in [5.74, 6) is -0.657. The number of aromatic carboxylic acids is 1. The number of carbonyl (C=O) groups is 1. The van der Waals surface area contributed by atoms with Crippen LogP contribution in [0.25, 0.3) is 0 Å². The van der Waals surface area contributed by atoms with Crippen LogP contribution in [0.4, 0.5) is 5.69 Å². The molecule has 0 spiro atoms. The summed E-state index contributed by atoms with van der Waals surface area (Å²) in [5.41, 5.74) is 5.88. The zero-order valence-corrected chi connectivity index (χ0v) is 9.10. The molecule has 0 aliphatic heterocycles. The van der Waals surface area contributed by atoms with Gasteiger partial charge in [0.25, 0.3) is 0 Å². The summed E-state index contributed by atoms with van der Waals surface area (Å²) in [7, 11) is 1.61. The summed E-state index contributed by atoms with van der Waals surface area (Å²) < 4.78 is 10.2. The van der Waals surface area contributed by atoms with E-state index in [2.05, 4.69) is 0 Å². The molecule has 0 radical (unpaired) electrons. The Kier molecular flexibility index (Phi) is 4.60. The minimum atomic E-state index is -1.06. The van der Waals surface area contributed by atoms with Crippen molar-refractivity contribution in [1.29, 1.82) is 0 Å². The predicted octanol–water partition coefficient (Wildman–Crippen LogP) is 1.38. The van der Waals surface area contributed by atoms with Gasteiger partial charge in [0.05, 0.1) is 17.9 Å². The number of rotatable bonds is 6. The summed E-state index contributed by atoms with van der Waals surface area (Å²) in [5, 5.41) is 8.84. The van der Waals surface area contributed by atoms with E-state index in [1.54, 1.807) is 19.2 Å². The van der Waals surface area contributed by atoms with Crippen LogP contribution in [0, 0.1) is 0 Å². The summed E-state index contributed by atoms with van der Waals surface area (Å²) in [6.07, 6.45) is 0.729. The predicted molar refractivity (Wildman–Crippen MR) is 59.8 cm³/mol. The van der Waals surface area contributed by atoms with Gasteiger partial charge in [-0.2, -0.15) is 0 Å². The van der Waals surface area contributed by atoms with Crippen LogP contribution >= 0.6 is 0 Å². The van der Waals surface area contributed by atoms with Crippen LogP contribution < -0.4 is 10.5 Å². The van der Waals surface area contributed by atoms with Crippen molar-refractivity contribution in [2.45, 2.75) is 6.42 Å². The largest absolute Gasteiger partial charge is 0.491 e. The van der Waals surface area contributed by atoms with E-state index in [0.29, 0.717) is 19.0 Å². The van der Waals surface area contributed by atoms with Crippen LogP contribution in [-0.2, 0) is 4.74 Å². The van der Waals surface area contributed by atoms with Crippen LogP contribution in [-0.4, -0.2) is 31.4 Å². The van der Waals surface area contributed by atoms with Crippen molar-refractivity contribution >= 4 is 11.7 Å². The molecule has 0 heterocycles. The Labute approximate surface area is 93.8 Å². The van der Waals surface area contributed by atoms with Crippen molar-refractivity contribution in [3.05, 3.63) is 23.8 Å². The molecule has 0 saturated carbocycles. The maximum absolute atomic E-state index is 10.8. The van der Waals surface area contributed by atoms with Gasteiger partial charge in [0.2, 0.25) is 0 Å². The van der Waals surface area contributed by atoms with E-state index >= 15 is 0 Å². The van der Waals surface area contributed by atoms with Gasteiger partial charge in [-0.3, -0.25) is 0 Å². The fourth-order valence-electron chi connectivity index (χ4n) is 1.24. The molecule has 0 atom stereocenters. The number of carboxylic acid groups (broad SMARTS) is 1. The maximum Gasteiger partial charge on any atom is 0.337 e. The minimum absolute atomic E-state index is 0.0595. The fourth-order valence-corrected chi connectivity index (χ4v) is 1.24. The van der Waals surface area contributed by atoms with Gasteiger partial charge in [0.15, 0.2) is 0 Å². The second-order valence-corrected chi connectivity index (χ2v) is 3.22. The average molecular weight is 225 g/mol. The molecule has 88 valence electrons. The number of ether oxygens (including phenoxy) is 2. The van der Waals surface area contributed by atoms with Gasteiger partial charge in [-0.15, -0.1) is 0 Å². The molecular formula is C11H15NO4. The number of methoxy groups -OCH3 is 1. The fraction of sp³-hybridized carbons (Fsp3) is 0.364. The number of hydrogen-bond acceptors (Lipinski definition) is 4. The maximum atomic E-state index is 10.8. The number of benzene rings is 1. The van der Waals surface area contributed by atoms with Crippen LogP contribution in [0.15, 0.2) is 18.2 Å². The number of nitrogen functional groups attached to an aromatic ring is 1. The number of hydrogen-bond donors (Lipinski definition) is 2. The number of para-hydroxylation sites is 1. The first-order valence-corrected chi connectivity index (χ1v) is 4.90. The van der Waals surface area contributed by atoms with E-state index in [0.717, 1.165) is 6.42 Å². The van der Waals surface area contributed by atoms with Gasteiger partial charge in [-0.05, 0) is 12.1 Å². The lowest BCUT2D eigenvalue weighted by Crippen LogP contribution is -2.07. The molecule has 0 unspecified atom stereocenters. The first kappa shape index (κ1) is 12.3. The van der Waals surface area contributed by atoms with Gasteiger partial charge in [0, 0.05) is 20.1 Å². The SMILES string of the molecule is COCCCOc1cccc(C(=O)O)c1N. The quantitative estimate of drug-likeness (QED) is 0.564. The highest BCUT2D eigenvalue weighted by atomic mass is 16.5. The molecule has 1 rings (SSSR count). The zero-order chi connectivity index (χ0) is 12.0. The Morgan fingerprint density at radius 3 is 2.81 bits per heavy atom. The molecule has 0 aromatic heterocycles. The smallest absolute Gasteiger partial charge is 0.337 e. The molecule has 16 heavy (non-hydrogen) atoms. The van der Waals surface area contributed by atoms with E-state index in [1.165, 1.54) is 6.07 Å². The average Bonchev–Trinajstić information content (AvgIpc) is 2.26. The molecule has 5 heteroatoms. The van der Waals surface area contributed by atoms with Crippen LogP contribution in [0.3, 0.4) is 0 Å². The second kappa shape index (κ2) is 5.97. The topological polar surface area (TPSA) is 81.8 Å². The molecule has 0 aliphatic rings. The van der Waals surface area contributed by atoms with Gasteiger partial charge >= 0.3 is 5.97 Å². The molecule has 0 saturated heterocycles. The third-order valence-electron chi connectivity index (χ3n) is 2.05. The second-order valence-electron chi connectivity index (χ2n) is 3.22. The highest BCUT2D eigenvalue weighted by Crippen LogP contribution is 2.25.